The minimum Gasteiger partial charge on any atom is -0.369 e. The molecule has 0 bridgehead atoms. The third kappa shape index (κ3) is 3.41. The molecule has 0 amide bonds. The highest BCUT2D eigenvalue weighted by atomic mass is 32.1. The molecule has 0 spiro atoms. The van der Waals surface area contributed by atoms with Gasteiger partial charge in [0.05, 0.1) is 16.4 Å². The molecule has 7 heteroatoms. The Balaban J connectivity index is 1.47. The van der Waals surface area contributed by atoms with Crippen molar-refractivity contribution in [1.29, 1.82) is 0 Å². The lowest BCUT2D eigenvalue weighted by molar-refractivity contribution is 0.628. The Morgan fingerprint density at radius 1 is 1.00 bits per heavy atom. The molecule has 0 saturated carbocycles. The minimum absolute atomic E-state index is 0.243. The molecule has 0 fully saturated rings. The molecule has 5 rings (SSSR count). The lowest BCUT2D eigenvalue weighted by Gasteiger charge is -2.10. The molecule has 0 aliphatic carbocycles. The van der Waals surface area contributed by atoms with Gasteiger partial charge in [0.15, 0.2) is 0 Å². The monoisotopic (exact) mass is 417 g/mol. The number of thiophene rings is 1. The van der Waals surface area contributed by atoms with Crippen LogP contribution in [0, 0.1) is 19.7 Å². The molecular weight excluding hydrogens is 397 g/mol. The Kier molecular flexibility index (Phi) is 4.67. The summed E-state index contributed by atoms with van der Waals surface area (Å²) in [6.07, 6.45) is 0.744. The third-order valence-corrected chi connectivity index (χ3v) is 6.06. The van der Waals surface area contributed by atoms with Crippen LogP contribution in [0.25, 0.3) is 32.4 Å². The van der Waals surface area contributed by atoms with Gasteiger partial charge in [0.2, 0.25) is 0 Å². The number of aromatic amines is 1. The summed E-state index contributed by atoms with van der Waals surface area (Å²) in [4.78, 5) is 19.4. The summed E-state index contributed by atoms with van der Waals surface area (Å²) in [6, 6.07) is 14.6. The van der Waals surface area contributed by atoms with E-state index in [1.807, 2.05) is 43.3 Å². The number of para-hydroxylation sites is 2. The van der Waals surface area contributed by atoms with E-state index in [0.29, 0.717) is 6.54 Å². The largest absolute Gasteiger partial charge is 0.369 e. The number of H-pyrrole nitrogens is 1. The standard InChI is InChI=1S/C23H20FN5S/c1-13-20(15-7-9-16(24)10-8-15)21-22(26-14(2)27-23(21)30-13)25-12-11-19-28-17-5-3-4-6-18(17)29-19/h3-10H,11-12H2,1-2H3,(H,28,29)(H,25,26,27). The van der Waals surface area contributed by atoms with Crippen LogP contribution in [0.3, 0.4) is 0 Å². The van der Waals surface area contributed by atoms with E-state index >= 15 is 0 Å². The normalized spacial score (nSPS) is 11.4. The molecule has 0 aliphatic rings. The number of hydrogen-bond acceptors (Lipinski definition) is 5. The van der Waals surface area contributed by atoms with Crippen LogP contribution in [0.5, 0.6) is 0 Å². The molecule has 0 saturated heterocycles. The molecule has 3 heterocycles. The summed E-state index contributed by atoms with van der Waals surface area (Å²) >= 11 is 1.64. The van der Waals surface area contributed by atoms with Crippen molar-refractivity contribution in [2.45, 2.75) is 20.3 Å². The molecular formula is C23H20FN5S. The number of aryl methyl sites for hydroxylation is 2. The number of aromatic nitrogens is 4. The van der Waals surface area contributed by atoms with Gasteiger partial charge in [0.25, 0.3) is 0 Å². The molecule has 2 N–H and O–H groups in total. The first-order valence-electron chi connectivity index (χ1n) is 9.79. The maximum atomic E-state index is 13.4. The molecule has 5 aromatic rings. The predicted molar refractivity (Wildman–Crippen MR) is 121 cm³/mol. The first kappa shape index (κ1) is 18.7. The fourth-order valence-electron chi connectivity index (χ4n) is 3.73. The molecule has 0 aliphatic heterocycles. The van der Waals surface area contributed by atoms with Gasteiger partial charge < -0.3 is 10.3 Å². The smallest absolute Gasteiger partial charge is 0.139 e. The summed E-state index contributed by atoms with van der Waals surface area (Å²) in [5.41, 5.74) is 4.04. The van der Waals surface area contributed by atoms with Gasteiger partial charge in [-0.1, -0.05) is 24.3 Å². The Morgan fingerprint density at radius 2 is 1.80 bits per heavy atom. The number of benzene rings is 2. The zero-order valence-corrected chi connectivity index (χ0v) is 17.5. The van der Waals surface area contributed by atoms with Crippen molar-refractivity contribution < 1.29 is 4.39 Å². The number of fused-ring (bicyclic) bond motifs is 2. The zero-order chi connectivity index (χ0) is 20.7. The van der Waals surface area contributed by atoms with E-state index in [2.05, 4.69) is 32.2 Å². The van der Waals surface area contributed by atoms with Crippen LogP contribution in [-0.2, 0) is 6.42 Å². The lowest BCUT2D eigenvalue weighted by Crippen LogP contribution is -2.08. The van der Waals surface area contributed by atoms with Gasteiger partial charge in [-0.2, -0.15) is 0 Å². The van der Waals surface area contributed by atoms with Gasteiger partial charge in [-0.3, -0.25) is 0 Å². The Bertz CT molecular complexity index is 1320. The second-order valence-electron chi connectivity index (χ2n) is 7.22. The summed E-state index contributed by atoms with van der Waals surface area (Å²) in [5, 5.41) is 4.46. The van der Waals surface area contributed by atoms with Crippen molar-refractivity contribution in [1.82, 2.24) is 19.9 Å². The van der Waals surface area contributed by atoms with E-state index in [-0.39, 0.29) is 5.82 Å². The van der Waals surface area contributed by atoms with Crippen LogP contribution < -0.4 is 5.32 Å². The summed E-state index contributed by atoms with van der Waals surface area (Å²) < 4.78 is 13.4. The molecule has 3 aromatic heterocycles. The molecule has 2 aromatic carbocycles. The summed E-state index contributed by atoms with van der Waals surface area (Å²) in [5.74, 6) is 2.22. The molecule has 30 heavy (non-hydrogen) atoms. The van der Waals surface area contributed by atoms with Gasteiger partial charge in [-0.25, -0.2) is 19.3 Å². The van der Waals surface area contributed by atoms with Crippen molar-refractivity contribution in [3.63, 3.8) is 0 Å². The van der Waals surface area contributed by atoms with Crippen LogP contribution in [0.1, 0.15) is 16.5 Å². The number of rotatable bonds is 5. The maximum absolute atomic E-state index is 13.4. The average Bonchev–Trinajstić information content (AvgIpc) is 3.28. The number of nitrogens with zero attached hydrogens (tertiary/aromatic N) is 3. The first-order chi connectivity index (χ1) is 14.6. The number of halogens is 1. The van der Waals surface area contributed by atoms with Crippen LogP contribution in [0.4, 0.5) is 10.2 Å². The number of nitrogens with one attached hydrogen (secondary N) is 2. The van der Waals surface area contributed by atoms with Gasteiger partial charge >= 0.3 is 0 Å². The highest BCUT2D eigenvalue weighted by Crippen LogP contribution is 2.40. The van der Waals surface area contributed by atoms with Gasteiger partial charge in [-0.05, 0) is 43.7 Å². The SMILES string of the molecule is Cc1nc(NCCc2nc3ccccc3[nH]2)c2c(-c3ccc(F)cc3)c(C)sc2n1. The zero-order valence-electron chi connectivity index (χ0n) is 16.7. The predicted octanol–water partition coefficient (Wildman–Crippen LogP) is 5.65. The number of hydrogen-bond donors (Lipinski definition) is 2. The fourth-order valence-corrected chi connectivity index (χ4v) is 4.82. The molecule has 0 radical (unpaired) electrons. The Labute approximate surface area is 177 Å². The van der Waals surface area contributed by atoms with Crippen molar-refractivity contribution in [2.24, 2.45) is 0 Å². The van der Waals surface area contributed by atoms with Crippen molar-refractivity contribution in [3.05, 3.63) is 70.9 Å². The van der Waals surface area contributed by atoms with E-state index in [9.17, 15) is 4.39 Å². The minimum atomic E-state index is -0.243. The van der Waals surface area contributed by atoms with Crippen LogP contribution in [0.15, 0.2) is 48.5 Å². The van der Waals surface area contributed by atoms with E-state index in [0.717, 1.165) is 61.1 Å². The quantitative estimate of drug-likeness (QED) is 0.388. The molecule has 150 valence electrons. The van der Waals surface area contributed by atoms with Crippen molar-refractivity contribution >= 4 is 38.4 Å². The second-order valence-corrected chi connectivity index (χ2v) is 8.42. The molecule has 5 nitrogen and oxygen atoms in total. The highest BCUT2D eigenvalue weighted by molar-refractivity contribution is 7.19. The lowest BCUT2D eigenvalue weighted by atomic mass is 10.0. The van der Waals surface area contributed by atoms with Crippen LogP contribution >= 0.6 is 11.3 Å². The van der Waals surface area contributed by atoms with Crippen LogP contribution in [-0.4, -0.2) is 26.5 Å². The third-order valence-electron chi connectivity index (χ3n) is 5.07. The average molecular weight is 418 g/mol. The summed E-state index contributed by atoms with van der Waals surface area (Å²) in [7, 11) is 0. The van der Waals surface area contributed by atoms with Gasteiger partial charge in [0, 0.05) is 23.4 Å². The van der Waals surface area contributed by atoms with E-state index < -0.39 is 0 Å². The van der Waals surface area contributed by atoms with E-state index in [1.54, 1.807) is 11.3 Å². The van der Waals surface area contributed by atoms with E-state index in [4.69, 9.17) is 0 Å². The second kappa shape index (κ2) is 7.50. The topological polar surface area (TPSA) is 66.5 Å². The van der Waals surface area contributed by atoms with E-state index in [1.165, 1.54) is 12.1 Å². The summed E-state index contributed by atoms with van der Waals surface area (Å²) in [6.45, 7) is 4.65. The molecule has 0 atom stereocenters. The number of anilines is 1. The Hall–Kier alpha value is -3.32. The fraction of sp³-hybridized carbons (Fsp3) is 0.174. The number of imidazole rings is 1. The maximum Gasteiger partial charge on any atom is 0.139 e. The Morgan fingerprint density at radius 3 is 2.60 bits per heavy atom. The van der Waals surface area contributed by atoms with Crippen LogP contribution in [0.2, 0.25) is 0 Å². The van der Waals surface area contributed by atoms with Gasteiger partial charge in [-0.15, -0.1) is 11.3 Å². The van der Waals surface area contributed by atoms with Gasteiger partial charge in [0.1, 0.15) is 28.1 Å². The molecule has 0 unspecified atom stereocenters. The van der Waals surface area contributed by atoms with Crippen molar-refractivity contribution in [2.75, 3.05) is 11.9 Å². The first-order valence-corrected chi connectivity index (χ1v) is 10.6. The van der Waals surface area contributed by atoms with Crippen molar-refractivity contribution in [3.8, 4) is 11.1 Å². The highest BCUT2D eigenvalue weighted by Gasteiger charge is 2.18.